The van der Waals surface area contributed by atoms with Crippen molar-refractivity contribution in [2.45, 2.75) is 44.7 Å². The minimum absolute atomic E-state index is 0.314. The van der Waals surface area contributed by atoms with Crippen LogP contribution >= 0.6 is 0 Å². The van der Waals surface area contributed by atoms with E-state index in [9.17, 15) is 0 Å². The van der Waals surface area contributed by atoms with Crippen LogP contribution in [0.5, 0.6) is 0 Å². The smallest absolute Gasteiger partial charge is 0.0706 e. The number of rotatable bonds is 3. The molecule has 1 heterocycles. The molecule has 3 nitrogen and oxygen atoms in total. The van der Waals surface area contributed by atoms with Gasteiger partial charge in [0.2, 0.25) is 0 Å². The van der Waals surface area contributed by atoms with E-state index in [0.717, 1.165) is 19.4 Å². The Morgan fingerprint density at radius 2 is 1.89 bits per heavy atom. The van der Waals surface area contributed by atoms with Gasteiger partial charge in [-0.1, -0.05) is 30.3 Å². The van der Waals surface area contributed by atoms with Gasteiger partial charge in [-0.05, 0) is 49.6 Å². The molecule has 0 atom stereocenters. The first kappa shape index (κ1) is 12.8. The number of nitrogens with one attached hydrogen (secondary N) is 1. The fourth-order valence-electron chi connectivity index (χ4n) is 3.76. The number of hydrogen-bond donors (Lipinski definition) is 1. The van der Waals surface area contributed by atoms with Crippen molar-refractivity contribution in [1.82, 2.24) is 4.90 Å². The van der Waals surface area contributed by atoms with Crippen molar-refractivity contribution in [3.8, 4) is 0 Å². The largest absolute Gasteiger partial charge is 0.299 e. The Hall–Kier alpha value is -1.22. The van der Waals surface area contributed by atoms with Crippen molar-refractivity contribution in [2.24, 2.45) is 10.5 Å². The van der Waals surface area contributed by atoms with Crippen molar-refractivity contribution in [1.29, 1.82) is 5.53 Å². The lowest BCUT2D eigenvalue weighted by atomic mass is 9.72. The molecule has 3 rings (SSSR count). The maximum absolute atomic E-state index is 7.16. The van der Waals surface area contributed by atoms with E-state index in [1.807, 2.05) is 0 Å². The van der Waals surface area contributed by atoms with Gasteiger partial charge >= 0.3 is 0 Å². The van der Waals surface area contributed by atoms with E-state index in [1.165, 1.54) is 37.9 Å². The molecule has 1 saturated heterocycles. The quantitative estimate of drug-likeness (QED) is 0.821. The first-order chi connectivity index (χ1) is 9.30. The predicted octanol–water partition coefficient (Wildman–Crippen LogP) is 3.85. The number of nitrogens with zero attached hydrogens (tertiary/aromatic N) is 2. The van der Waals surface area contributed by atoms with Gasteiger partial charge in [-0.15, -0.1) is 0 Å². The monoisotopic (exact) mass is 257 g/mol. The molecule has 19 heavy (non-hydrogen) atoms. The topological polar surface area (TPSA) is 39.5 Å². The van der Waals surface area contributed by atoms with Crippen LogP contribution in [0, 0.1) is 10.9 Å². The van der Waals surface area contributed by atoms with E-state index in [0.29, 0.717) is 11.5 Å². The third-order valence-corrected chi connectivity index (χ3v) is 4.96. The maximum atomic E-state index is 7.16. The predicted molar refractivity (Wildman–Crippen MR) is 76.2 cm³/mol. The van der Waals surface area contributed by atoms with Crippen molar-refractivity contribution >= 4 is 0 Å². The Morgan fingerprint density at radius 1 is 1.16 bits per heavy atom. The zero-order valence-corrected chi connectivity index (χ0v) is 11.5. The summed E-state index contributed by atoms with van der Waals surface area (Å²) in [6, 6.07) is 11.1. The van der Waals surface area contributed by atoms with Gasteiger partial charge < -0.3 is 0 Å². The second-order valence-electron chi connectivity index (χ2n) is 6.31. The summed E-state index contributed by atoms with van der Waals surface area (Å²) in [6.45, 7) is 3.57. The van der Waals surface area contributed by atoms with E-state index in [2.05, 4.69) is 40.3 Å². The Balaban J connectivity index is 1.57. The SMILES string of the molecule is N=NC1CCC2(CC1)CCN(Cc1ccccc1)C2. The lowest BCUT2D eigenvalue weighted by Crippen LogP contribution is -2.32. The van der Waals surface area contributed by atoms with E-state index in [-0.39, 0.29) is 0 Å². The molecule has 0 bridgehead atoms. The first-order valence-corrected chi connectivity index (χ1v) is 7.43. The highest BCUT2D eigenvalue weighted by molar-refractivity contribution is 5.15. The van der Waals surface area contributed by atoms with Crippen LogP contribution in [-0.2, 0) is 6.54 Å². The van der Waals surface area contributed by atoms with Gasteiger partial charge in [0.1, 0.15) is 0 Å². The van der Waals surface area contributed by atoms with Crippen molar-refractivity contribution in [3.05, 3.63) is 35.9 Å². The van der Waals surface area contributed by atoms with Gasteiger partial charge in [0, 0.05) is 13.1 Å². The average molecular weight is 257 g/mol. The molecule has 1 spiro atoms. The molecular weight excluding hydrogens is 234 g/mol. The zero-order chi connectivity index (χ0) is 13.1. The van der Waals surface area contributed by atoms with Crippen LogP contribution in [0.25, 0.3) is 0 Å². The van der Waals surface area contributed by atoms with Crippen LogP contribution in [0.2, 0.25) is 0 Å². The summed E-state index contributed by atoms with van der Waals surface area (Å²) in [4.78, 5) is 2.60. The standard InChI is InChI=1S/C16H23N3/c17-18-15-6-8-16(9-7-15)10-11-19(13-16)12-14-4-2-1-3-5-14/h1-5,15,17H,6-13H2. The Kier molecular flexibility index (Phi) is 3.65. The number of likely N-dealkylation sites (tertiary alicyclic amines) is 1. The fraction of sp³-hybridized carbons (Fsp3) is 0.625. The molecule has 1 saturated carbocycles. The van der Waals surface area contributed by atoms with E-state index >= 15 is 0 Å². The highest BCUT2D eigenvalue weighted by Crippen LogP contribution is 2.44. The molecule has 1 aliphatic carbocycles. The molecule has 0 radical (unpaired) electrons. The molecule has 102 valence electrons. The van der Waals surface area contributed by atoms with Crippen molar-refractivity contribution < 1.29 is 0 Å². The van der Waals surface area contributed by atoms with Crippen molar-refractivity contribution in [2.75, 3.05) is 13.1 Å². The number of hydrogen-bond acceptors (Lipinski definition) is 3. The van der Waals surface area contributed by atoms with Crippen LogP contribution in [-0.4, -0.2) is 24.0 Å². The molecule has 3 heteroatoms. The molecule has 1 aromatic carbocycles. The zero-order valence-electron chi connectivity index (χ0n) is 11.5. The first-order valence-electron chi connectivity index (χ1n) is 7.43. The number of benzene rings is 1. The Labute approximate surface area is 115 Å². The van der Waals surface area contributed by atoms with E-state index in [4.69, 9.17) is 5.53 Å². The molecule has 1 aromatic rings. The summed E-state index contributed by atoms with van der Waals surface area (Å²) >= 11 is 0. The summed E-state index contributed by atoms with van der Waals surface area (Å²) in [5.74, 6) is 0. The van der Waals surface area contributed by atoms with Gasteiger partial charge in [-0.25, -0.2) is 5.53 Å². The lowest BCUT2D eigenvalue weighted by Gasteiger charge is -2.35. The third kappa shape index (κ3) is 2.86. The highest BCUT2D eigenvalue weighted by atomic mass is 15.2. The molecular formula is C16H23N3. The van der Waals surface area contributed by atoms with Crippen LogP contribution in [0.3, 0.4) is 0 Å². The summed E-state index contributed by atoms with van der Waals surface area (Å²) in [5, 5.41) is 3.73. The highest BCUT2D eigenvalue weighted by Gasteiger charge is 2.40. The van der Waals surface area contributed by atoms with Crippen molar-refractivity contribution in [3.63, 3.8) is 0 Å². The third-order valence-electron chi connectivity index (χ3n) is 4.96. The second kappa shape index (κ2) is 5.41. The molecule has 2 aliphatic rings. The van der Waals surface area contributed by atoms with Crippen LogP contribution < -0.4 is 0 Å². The Morgan fingerprint density at radius 3 is 2.58 bits per heavy atom. The van der Waals surface area contributed by atoms with Gasteiger partial charge in [0.25, 0.3) is 0 Å². The van der Waals surface area contributed by atoms with Crippen LogP contribution in [0.15, 0.2) is 35.4 Å². The minimum Gasteiger partial charge on any atom is -0.299 e. The average Bonchev–Trinajstić information content (AvgIpc) is 2.84. The summed E-state index contributed by atoms with van der Waals surface area (Å²) < 4.78 is 0. The minimum atomic E-state index is 0.314. The van der Waals surface area contributed by atoms with Gasteiger partial charge in [0.05, 0.1) is 6.04 Å². The second-order valence-corrected chi connectivity index (χ2v) is 6.31. The molecule has 0 aromatic heterocycles. The van der Waals surface area contributed by atoms with Crippen LogP contribution in [0.1, 0.15) is 37.7 Å². The van der Waals surface area contributed by atoms with Gasteiger partial charge in [0.15, 0.2) is 0 Å². The summed E-state index contributed by atoms with van der Waals surface area (Å²) in [5.41, 5.74) is 9.12. The molecule has 0 amide bonds. The summed E-state index contributed by atoms with van der Waals surface area (Å²) in [7, 11) is 0. The fourth-order valence-corrected chi connectivity index (χ4v) is 3.76. The molecule has 0 unspecified atom stereocenters. The van der Waals surface area contributed by atoms with E-state index in [1.54, 1.807) is 0 Å². The van der Waals surface area contributed by atoms with E-state index < -0.39 is 0 Å². The normalized spacial score (nSPS) is 31.7. The molecule has 1 aliphatic heterocycles. The molecule has 1 N–H and O–H groups in total. The van der Waals surface area contributed by atoms with Gasteiger partial charge in [-0.2, -0.15) is 5.11 Å². The Bertz CT molecular complexity index is 421. The lowest BCUT2D eigenvalue weighted by molar-refractivity contribution is 0.170. The molecule has 2 fully saturated rings. The summed E-state index contributed by atoms with van der Waals surface area (Å²) in [6.07, 6.45) is 6.13. The van der Waals surface area contributed by atoms with Gasteiger partial charge in [-0.3, -0.25) is 4.90 Å². The maximum Gasteiger partial charge on any atom is 0.0706 e. The van der Waals surface area contributed by atoms with Crippen LogP contribution in [0.4, 0.5) is 0 Å².